The number of carbonyl (C=O) groups is 3. The molecule has 1 heterocycles. The van der Waals surface area contributed by atoms with Gasteiger partial charge < -0.3 is 15.7 Å². The lowest BCUT2D eigenvalue weighted by Gasteiger charge is -2.21. The maximum absolute atomic E-state index is 11.7. The van der Waals surface area contributed by atoms with E-state index in [-0.39, 0.29) is 18.7 Å². The monoisotopic (exact) mass is 253 g/mol. The first kappa shape index (κ1) is 14.0. The number of nitriles is 1. The van der Waals surface area contributed by atoms with Crippen LogP contribution >= 0.6 is 0 Å². The number of carboxylic acid groups (broad SMARTS) is 1. The van der Waals surface area contributed by atoms with Gasteiger partial charge in [0, 0.05) is 18.8 Å². The minimum absolute atomic E-state index is 0.0360. The summed E-state index contributed by atoms with van der Waals surface area (Å²) in [5, 5.41) is 22.4. The predicted molar refractivity (Wildman–Crippen MR) is 60.1 cm³/mol. The van der Waals surface area contributed by atoms with Crippen LogP contribution < -0.4 is 10.6 Å². The summed E-state index contributed by atoms with van der Waals surface area (Å²) in [4.78, 5) is 33.7. The van der Waals surface area contributed by atoms with Crippen LogP contribution in [0.3, 0.4) is 0 Å². The first-order valence-electron chi connectivity index (χ1n) is 5.65. The molecule has 0 radical (unpaired) electrons. The van der Waals surface area contributed by atoms with Crippen molar-refractivity contribution in [1.82, 2.24) is 10.6 Å². The highest BCUT2D eigenvalue weighted by Gasteiger charge is 2.32. The first-order chi connectivity index (χ1) is 8.45. The Morgan fingerprint density at radius 2 is 2.33 bits per heavy atom. The molecule has 0 bridgehead atoms. The Bertz CT molecular complexity index is 402. The summed E-state index contributed by atoms with van der Waals surface area (Å²) < 4.78 is 0. The highest BCUT2D eigenvalue weighted by Crippen LogP contribution is 2.11. The highest BCUT2D eigenvalue weighted by atomic mass is 16.4. The summed E-state index contributed by atoms with van der Waals surface area (Å²) >= 11 is 0. The standard InChI is InChI=1S/C11H15N3O4/c1-6(4-5-12)9(11(17)18)14-10(16)7-2-3-8(15)13-7/h6-7,9H,2-4H2,1H3,(H,13,15)(H,14,16)(H,17,18)/t6-,7-,9+/m1/s1. The second-order valence-corrected chi connectivity index (χ2v) is 4.32. The van der Waals surface area contributed by atoms with Crippen molar-refractivity contribution in [3.8, 4) is 6.07 Å². The van der Waals surface area contributed by atoms with Gasteiger partial charge in [0.25, 0.3) is 0 Å². The van der Waals surface area contributed by atoms with Crippen molar-refractivity contribution >= 4 is 17.8 Å². The zero-order valence-electron chi connectivity index (χ0n) is 9.97. The van der Waals surface area contributed by atoms with Crippen LogP contribution in [0.1, 0.15) is 26.2 Å². The summed E-state index contributed by atoms with van der Waals surface area (Å²) in [6.45, 7) is 1.58. The van der Waals surface area contributed by atoms with Crippen molar-refractivity contribution in [2.45, 2.75) is 38.3 Å². The molecule has 1 aliphatic rings. The van der Waals surface area contributed by atoms with Crippen LogP contribution in [0, 0.1) is 17.2 Å². The number of hydrogen-bond donors (Lipinski definition) is 3. The van der Waals surface area contributed by atoms with Crippen LogP contribution in [-0.2, 0) is 14.4 Å². The molecule has 0 aromatic heterocycles. The normalized spacial score (nSPS) is 21.6. The molecule has 0 spiro atoms. The average molecular weight is 253 g/mol. The molecule has 98 valence electrons. The van der Waals surface area contributed by atoms with Crippen molar-refractivity contribution in [3.05, 3.63) is 0 Å². The topological polar surface area (TPSA) is 119 Å². The number of rotatable bonds is 5. The second-order valence-electron chi connectivity index (χ2n) is 4.32. The largest absolute Gasteiger partial charge is 0.480 e. The molecule has 7 nitrogen and oxygen atoms in total. The van der Waals surface area contributed by atoms with E-state index in [1.165, 1.54) is 0 Å². The van der Waals surface area contributed by atoms with Crippen LogP contribution in [0.4, 0.5) is 0 Å². The van der Waals surface area contributed by atoms with E-state index in [9.17, 15) is 14.4 Å². The van der Waals surface area contributed by atoms with Gasteiger partial charge >= 0.3 is 5.97 Å². The number of amides is 2. The van der Waals surface area contributed by atoms with E-state index >= 15 is 0 Å². The van der Waals surface area contributed by atoms with Gasteiger partial charge in [0.1, 0.15) is 12.1 Å². The van der Waals surface area contributed by atoms with Gasteiger partial charge in [0.2, 0.25) is 11.8 Å². The molecule has 0 saturated carbocycles. The van der Waals surface area contributed by atoms with E-state index in [1.54, 1.807) is 6.92 Å². The Labute approximate surface area is 104 Å². The van der Waals surface area contributed by atoms with E-state index in [4.69, 9.17) is 10.4 Å². The van der Waals surface area contributed by atoms with Crippen molar-refractivity contribution in [2.75, 3.05) is 0 Å². The highest BCUT2D eigenvalue weighted by molar-refractivity contribution is 5.92. The molecular weight excluding hydrogens is 238 g/mol. The van der Waals surface area contributed by atoms with Gasteiger partial charge in [-0.2, -0.15) is 5.26 Å². The zero-order chi connectivity index (χ0) is 13.7. The molecule has 0 aromatic carbocycles. The lowest BCUT2D eigenvalue weighted by Crippen LogP contribution is -2.51. The molecule has 0 unspecified atom stereocenters. The average Bonchev–Trinajstić information content (AvgIpc) is 2.72. The molecule has 3 atom stereocenters. The van der Waals surface area contributed by atoms with Gasteiger partial charge in [-0.1, -0.05) is 6.92 Å². The Hall–Kier alpha value is -2.10. The van der Waals surface area contributed by atoms with Crippen LogP contribution in [0.15, 0.2) is 0 Å². The van der Waals surface area contributed by atoms with Crippen molar-refractivity contribution in [1.29, 1.82) is 5.26 Å². The second kappa shape index (κ2) is 6.00. The van der Waals surface area contributed by atoms with Gasteiger partial charge in [0.15, 0.2) is 0 Å². The maximum Gasteiger partial charge on any atom is 0.326 e. The number of aliphatic carboxylic acids is 1. The zero-order valence-corrected chi connectivity index (χ0v) is 9.97. The Morgan fingerprint density at radius 3 is 2.78 bits per heavy atom. The molecule has 1 fully saturated rings. The number of nitrogens with one attached hydrogen (secondary N) is 2. The summed E-state index contributed by atoms with van der Waals surface area (Å²) in [7, 11) is 0. The lowest BCUT2D eigenvalue weighted by molar-refractivity contribution is -0.143. The molecule has 1 aliphatic heterocycles. The Kier molecular flexibility index (Phi) is 4.66. The van der Waals surface area contributed by atoms with Crippen molar-refractivity contribution < 1.29 is 19.5 Å². The molecule has 3 N–H and O–H groups in total. The van der Waals surface area contributed by atoms with Gasteiger partial charge in [0.05, 0.1) is 6.07 Å². The van der Waals surface area contributed by atoms with Crippen LogP contribution in [0.5, 0.6) is 0 Å². The van der Waals surface area contributed by atoms with Crippen molar-refractivity contribution in [2.24, 2.45) is 5.92 Å². The summed E-state index contributed by atoms with van der Waals surface area (Å²) in [6.07, 6.45) is 0.668. The predicted octanol–water partition coefficient (Wildman–Crippen LogP) is -0.616. The SMILES string of the molecule is C[C@H](CC#N)[C@H](NC(=O)[C@H]1CCC(=O)N1)C(=O)O. The molecular formula is C11H15N3O4. The Morgan fingerprint density at radius 1 is 1.67 bits per heavy atom. The third-order valence-electron chi connectivity index (χ3n) is 2.86. The summed E-state index contributed by atoms with van der Waals surface area (Å²) in [5.74, 6) is -2.41. The van der Waals surface area contributed by atoms with E-state index < -0.39 is 29.9 Å². The molecule has 7 heteroatoms. The number of carboxylic acids is 1. The summed E-state index contributed by atoms with van der Waals surface area (Å²) in [5.41, 5.74) is 0. The molecule has 0 aliphatic carbocycles. The minimum atomic E-state index is -1.18. The third kappa shape index (κ3) is 3.45. The van der Waals surface area contributed by atoms with Gasteiger partial charge in [-0.15, -0.1) is 0 Å². The molecule has 1 saturated heterocycles. The molecule has 2 amide bonds. The maximum atomic E-state index is 11.7. The van der Waals surface area contributed by atoms with Crippen LogP contribution in [0.25, 0.3) is 0 Å². The first-order valence-corrected chi connectivity index (χ1v) is 5.65. The lowest BCUT2D eigenvalue weighted by atomic mass is 9.98. The quantitative estimate of drug-likeness (QED) is 0.603. The molecule has 0 aromatic rings. The Balaban J connectivity index is 2.61. The molecule has 1 rings (SSSR count). The van der Waals surface area contributed by atoms with Crippen molar-refractivity contribution in [3.63, 3.8) is 0 Å². The van der Waals surface area contributed by atoms with E-state index in [2.05, 4.69) is 10.6 Å². The van der Waals surface area contributed by atoms with Gasteiger partial charge in [-0.25, -0.2) is 4.79 Å². The number of nitrogens with zero attached hydrogens (tertiary/aromatic N) is 1. The smallest absolute Gasteiger partial charge is 0.326 e. The number of carbonyl (C=O) groups excluding carboxylic acids is 2. The van der Waals surface area contributed by atoms with Crippen LogP contribution in [0.2, 0.25) is 0 Å². The van der Waals surface area contributed by atoms with Crippen LogP contribution in [-0.4, -0.2) is 35.0 Å². The van der Waals surface area contributed by atoms with Gasteiger partial charge in [-0.3, -0.25) is 9.59 Å². The number of hydrogen-bond acceptors (Lipinski definition) is 4. The fourth-order valence-corrected chi connectivity index (χ4v) is 1.77. The van der Waals surface area contributed by atoms with E-state index in [0.29, 0.717) is 6.42 Å². The third-order valence-corrected chi connectivity index (χ3v) is 2.86. The van der Waals surface area contributed by atoms with E-state index in [0.717, 1.165) is 0 Å². The fraction of sp³-hybridized carbons (Fsp3) is 0.636. The van der Waals surface area contributed by atoms with Gasteiger partial charge in [-0.05, 0) is 6.42 Å². The fourth-order valence-electron chi connectivity index (χ4n) is 1.77. The van der Waals surface area contributed by atoms with E-state index in [1.807, 2.05) is 6.07 Å². The molecule has 18 heavy (non-hydrogen) atoms. The summed E-state index contributed by atoms with van der Waals surface area (Å²) in [6, 6.07) is 0.0797. The minimum Gasteiger partial charge on any atom is -0.480 e.